The summed E-state index contributed by atoms with van der Waals surface area (Å²) in [5, 5.41) is 15.4. The molecule has 0 heterocycles. The van der Waals surface area contributed by atoms with Gasteiger partial charge in [0.05, 0.1) is 18.1 Å². The Balaban J connectivity index is 1.18. The van der Waals surface area contributed by atoms with Crippen molar-refractivity contribution >= 4 is 18.0 Å². The number of ether oxygens (including phenoxy) is 2. The molecular weight excluding hydrogens is 520 g/mol. The maximum Gasteiger partial charge on any atom is 0.407 e. The van der Waals surface area contributed by atoms with E-state index in [0.29, 0.717) is 12.8 Å². The molecule has 2 aliphatic carbocycles. The smallest absolute Gasteiger partial charge is 0.407 e. The van der Waals surface area contributed by atoms with Crippen molar-refractivity contribution in [3.05, 3.63) is 95.6 Å². The van der Waals surface area contributed by atoms with Crippen molar-refractivity contribution in [1.82, 2.24) is 10.6 Å². The largest absolute Gasteiger partial charge is 0.480 e. The quantitative estimate of drug-likeness (QED) is 0.297. The predicted octanol–water partition coefficient (Wildman–Crippen LogP) is 5.26. The summed E-state index contributed by atoms with van der Waals surface area (Å²) in [6, 6.07) is 24.5. The van der Waals surface area contributed by atoms with Crippen LogP contribution in [-0.4, -0.2) is 48.4 Å². The van der Waals surface area contributed by atoms with E-state index in [9.17, 15) is 19.5 Å². The Labute approximate surface area is 240 Å². The lowest BCUT2D eigenvalue weighted by Gasteiger charge is -2.31. The fraction of sp³-hybridized carbons (Fsp3) is 0.364. The summed E-state index contributed by atoms with van der Waals surface area (Å²) in [5.74, 6) is -1.63. The Hall–Kier alpha value is -4.17. The minimum atomic E-state index is -1.22. The molecule has 3 aromatic carbocycles. The van der Waals surface area contributed by atoms with Crippen LogP contribution < -0.4 is 10.6 Å². The molecule has 5 rings (SSSR count). The molecule has 2 aliphatic rings. The summed E-state index contributed by atoms with van der Waals surface area (Å²) in [6.07, 6.45) is 1.38. The second-order valence-corrected chi connectivity index (χ2v) is 11.0. The van der Waals surface area contributed by atoms with E-state index >= 15 is 0 Å². The van der Waals surface area contributed by atoms with Crippen LogP contribution in [0.4, 0.5) is 4.79 Å². The zero-order valence-corrected chi connectivity index (χ0v) is 23.2. The number of hydrogen-bond donors (Lipinski definition) is 3. The molecule has 2 atom stereocenters. The molecule has 3 N–H and O–H groups in total. The van der Waals surface area contributed by atoms with Crippen molar-refractivity contribution in [2.24, 2.45) is 5.41 Å². The minimum Gasteiger partial charge on any atom is -0.480 e. The van der Waals surface area contributed by atoms with Crippen LogP contribution in [-0.2, 0) is 25.7 Å². The monoisotopic (exact) mass is 556 g/mol. The molecule has 2 unspecified atom stereocenters. The number of fused-ring (bicyclic) bond motifs is 3. The number of amides is 2. The van der Waals surface area contributed by atoms with Gasteiger partial charge in [0.25, 0.3) is 0 Å². The van der Waals surface area contributed by atoms with E-state index in [1.807, 2.05) is 54.6 Å². The molecule has 214 valence electrons. The average molecular weight is 557 g/mol. The van der Waals surface area contributed by atoms with Gasteiger partial charge in [-0.1, -0.05) is 91.7 Å². The maximum atomic E-state index is 13.5. The van der Waals surface area contributed by atoms with E-state index in [-0.39, 0.29) is 25.7 Å². The van der Waals surface area contributed by atoms with Gasteiger partial charge in [-0.3, -0.25) is 4.79 Å². The normalized spacial score (nSPS) is 16.7. The molecule has 2 amide bonds. The van der Waals surface area contributed by atoms with E-state index in [4.69, 9.17) is 9.47 Å². The van der Waals surface area contributed by atoms with Crippen molar-refractivity contribution in [3.8, 4) is 11.1 Å². The highest BCUT2D eigenvalue weighted by Gasteiger charge is 2.43. The van der Waals surface area contributed by atoms with Crippen molar-refractivity contribution in [2.75, 3.05) is 13.2 Å². The second-order valence-electron chi connectivity index (χ2n) is 11.0. The standard InChI is InChI=1S/C33H36N2O6/c1-22(40-19-23-11-3-2-4-12-23)29(30(36)37)35-31(38)33(17-9-10-18-33)21-34-32(39)41-20-28-26-15-7-5-13-24(26)25-14-6-8-16-27(25)28/h2-8,11-16,22,28-29H,9-10,17-21H2,1H3,(H,34,39)(H,35,38)(H,36,37). The van der Waals surface area contributed by atoms with Crippen LogP contribution >= 0.6 is 0 Å². The fourth-order valence-corrected chi connectivity index (χ4v) is 6.00. The Morgan fingerprint density at radius 3 is 2.10 bits per heavy atom. The molecule has 0 saturated heterocycles. The SMILES string of the molecule is CC(OCc1ccccc1)C(NC(=O)C1(CNC(=O)OCC2c3ccccc3-c3ccccc32)CCCC1)C(=O)O. The first-order valence-electron chi connectivity index (χ1n) is 14.2. The summed E-state index contributed by atoms with van der Waals surface area (Å²) in [6.45, 7) is 2.12. The molecule has 0 bridgehead atoms. The van der Waals surface area contributed by atoms with E-state index in [1.54, 1.807) is 6.92 Å². The van der Waals surface area contributed by atoms with Crippen LogP contribution in [0.5, 0.6) is 0 Å². The summed E-state index contributed by atoms with van der Waals surface area (Å²) < 4.78 is 11.5. The number of carbonyl (C=O) groups excluding carboxylic acids is 2. The Morgan fingerprint density at radius 2 is 1.49 bits per heavy atom. The number of hydrogen-bond acceptors (Lipinski definition) is 5. The van der Waals surface area contributed by atoms with Gasteiger partial charge < -0.3 is 25.2 Å². The predicted molar refractivity (Wildman–Crippen MR) is 154 cm³/mol. The van der Waals surface area contributed by atoms with Gasteiger partial charge in [-0.05, 0) is 47.6 Å². The van der Waals surface area contributed by atoms with Crippen LogP contribution in [0.1, 0.15) is 55.2 Å². The zero-order valence-electron chi connectivity index (χ0n) is 23.2. The molecule has 0 radical (unpaired) electrons. The Kier molecular flexibility index (Phi) is 8.69. The highest BCUT2D eigenvalue weighted by molar-refractivity contribution is 5.88. The van der Waals surface area contributed by atoms with Gasteiger partial charge in [0.1, 0.15) is 6.61 Å². The lowest BCUT2D eigenvalue weighted by molar-refractivity contribution is -0.148. The number of carboxylic acids is 1. The number of aliphatic carboxylic acids is 1. The van der Waals surface area contributed by atoms with Crippen LogP contribution in [0.25, 0.3) is 11.1 Å². The lowest BCUT2D eigenvalue weighted by atomic mass is 9.84. The van der Waals surface area contributed by atoms with Gasteiger partial charge >= 0.3 is 12.1 Å². The second kappa shape index (κ2) is 12.6. The van der Waals surface area contributed by atoms with Crippen molar-refractivity contribution in [2.45, 2.75) is 57.3 Å². The summed E-state index contributed by atoms with van der Waals surface area (Å²) >= 11 is 0. The number of rotatable bonds is 11. The fourth-order valence-electron chi connectivity index (χ4n) is 6.00. The van der Waals surface area contributed by atoms with Crippen LogP contribution in [0, 0.1) is 5.41 Å². The van der Waals surface area contributed by atoms with Crippen LogP contribution in [0.15, 0.2) is 78.9 Å². The molecule has 0 aliphatic heterocycles. The Morgan fingerprint density at radius 1 is 0.902 bits per heavy atom. The maximum absolute atomic E-state index is 13.5. The van der Waals surface area contributed by atoms with Crippen molar-refractivity contribution < 1.29 is 29.0 Å². The van der Waals surface area contributed by atoms with Gasteiger partial charge in [-0.2, -0.15) is 0 Å². The first-order chi connectivity index (χ1) is 19.9. The number of nitrogens with one attached hydrogen (secondary N) is 2. The van der Waals surface area contributed by atoms with Gasteiger partial charge in [0, 0.05) is 12.5 Å². The topological polar surface area (TPSA) is 114 Å². The third-order valence-corrected chi connectivity index (χ3v) is 8.33. The van der Waals surface area contributed by atoms with Crippen LogP contribution in [0.2, 0.25) is 0 Å². The highest BCUT2D eigenvalue weighted by Crippen LogP contribution is 2.44. The summed E-state index contributed by atoms with van der Waals surface area (Å²) in [5.41, 5.74) is 4.54. The summed E-state index contributed by atoms with van der Waals surface area (Å²) in [4.78, 5) is 38.4. The third-order valence-electron chi connectivity index (χ3n) is 8.33. The lowest BCUT2D eigenvalue weighted by Crippen LogP contribution is -2.55. The van der Waals surface area contributed by atoms with E-state index in [0.717, 1.165) is 40.7 Å². The average Bonchev–Trinajstić information content (AvgIpc) is 3.61. The number of alkyl carbamates (subject to hydrolysis) is 1. The Bertz CT molecular complexity index is 1340. The van der Waals surface area contributed by atoms with Crippen molar-refractivity contribution in [3.63, 3.8) is 0 Å². The third kappa shape index (κ3) is 6.28. The molecule has 41 heavy (non-hydrogen) atoms. The molecule has 8 heteroatoms. The first kappa shape index (κ1) is 28.4. The van der Waals surface area contributed by atoms with Crippen molar-refractivity contribution in [1.29, 1.82) is 0 Å². The minimum absolute atomic E-state index is 0.0643. The molecule has 1 saturated carbocycles. The summed E-state index contributed by atoms with van der Waals surface area (Å²) in [7, 11) is 0. The number of benzene rings is 3. The van der Waals surface area contributed by atoms with Gasteiger partial charge in [-0.25, -0.2) is 9.59 Å². The highest BCUT2D eigenvalue weighted by atomic mass is 16.5. The van der Waals surface area contributed by atoms with E-state index in [2.05, 4.69) is 34.9 Å². The number of carboxylic acid groups (broad SMARTS) is 1. The van der Waals surface area contributed by atoms with Gasteiger partial charge in [0.15, 0.2) is 6.04 Å². The van der Waals surface area contributed by atoms with E-state index < -0.39 is 35.5 Å². The van der Waals surface area contributed by atoms with E-state index in [1.165, 1.54) is 0 Å². The molecule has 1 fully saturated rings. The van der Waals surface area contributed by atoms with Gasteiger partial charge in [0.2, 0.25) is 5.91 Å². The molecule has 8 nitrogen and oxygen atoms in total. The molecular formula is C33H36N2O6. The van der Waals surface area contributed by atoms with Gasteiger partial charge in [-0.15, -0.1) is 0 Å². The molecule has 3 aromatic rings. The molecule has 0 aromatic heterocycles. The zero-order chi connectivity index (χ0) is 28.8. The molecule has 0 spiro atoms. The first-order valence-corrected chi connectivity index (χ1v) is 14.2. The number of carbonyl (C=O) groups is 3. The van der Waals surface area contributed by atoms with Crippen LogP contribution in [0.3, 0.4) is 0 Å².